The molecule has 0 bridgehead atoms. The number of rotatable bonds is 6. The van der Waals surface area contributed by atoms with E-state index in [0.717, 1.165) is 45.3 Å². The predicted molar refractivity (Wildman–Crippen MR) is 148 cm³/mol. The van der Waals surface area contributed by atoms with Crippen LogP contribution >= 0.6 is 0 Å². The van der Waals surface area contributed by atoms with E-state index in [9.17, 15) is 31.5 Å². The first-order valence-electron chi connectivity index (χ1n) is 13.2. The van der Waals surface area contributed by atoms with Crippen molar-refractivity contribution in [2.45, 2.75) is 43.7 Å². The Morgan fingerprint density at radius 1 is 1.00 bits per heavy atom. The van der Waals surface area contributed by atoms with Gasteiger partial charge in [0.05, 0.1) is 35.8 Å². The standard InChI is InChI=1S/C30H33F3N2O5S/c1-20-16-35(21(2)18-36)29(37)27-11-7-6-10-26(27)25-9-5-4-8-22(25)19-40-28(20)17-34(3)41(38,39)24-14-12-23(13-15-24)30(31,32)33/h4-15,20-21,28,36H,16-19H2,1-3H3/t20-,21-,28-/m1/s1. The summed E-state index contributed by atoms with van der Waals surface area (Å²) in [6, 6.07) is 17.5. The van der Waals surface area contributed by atoms with E-state index < -0.39 is 33.9 Å². The molecule has 0 spiro atoms. The molecule has 1 heterocycles. The molecule has 0 saturated carbocycles. The Morgan fingerprint density at radius 3 is 2.20 bits per heavy atom. The second-order valence-corrected chi connectivity index (χ2v) is 12.4. The number of aliphatic hydroxyl groups is 1. The van der Waals surface area contributed by atoms with Gasteiger partial charge in [0.15, 0.2) is 0 Å². The van der Waals surface area contributed by atoms with Crippen molar-refractivity contribution in [2.24, 2.45) is 5.92 Å². The van der Waals surface area contributed by atoms with E-state index in [4.69, 9.17) is 4.74 Å². The van der Waals surface area contributed by atoms with Crippen molar-refractivity contribution >= 4 is 15.9 Å². The van der Waals surface area contributed by atoms with Gasteiger partial charge < -0.3 is 14.7 Å². The molecule has 1 aliphatic rings. The number of likely N-dealkylation sites (N-methyl/N-ethyl adjacent to an activating group) is 1. The SMILES string of the molecule is C[C@@H]1CN([C@H](C)CO)C(=O)c2ccccc2-c2ccccc2CO[C@@H]1CN(C)S(=O)(=O)c1ccc(C(F)(F)F)cc1. The van der Waals surface area contributed by atoms with Crippen LogP contribution in [-0.4, -0.2) is 67.5 Å². The molecular weight excluding hydrogens is 557 g/mol. The molecule has 0 saturated heterocycles. The zero-order valence-electron chi connectivity index (χ0n) is 23.0. The summed E-state index contributed by atoms with van der Waals surface area (Å²) in [5.41, 5.74) is 1.86. The molecule has 3 aromatic carbocycles. The number of aliphatic hydroxyl groups excluding tert-OH is 1. The number of carbonyl (C=O) groups is 1. The maximum Gasteiger partial charge on any atom is 0.416 e. The number of halogens is 3. The Hall–Kier alpha value is -3.25. The number of amides is 1. The highest BCUT2D eigenvalue weighted by molar-refractivity contribution is 7.89. The Bertz CT molecular complexity index is 1480. The summed E-state index contributed by atoms with van der Waals surface area (Å²) in [4.78, 5) is 15.2. The molecule has 0 radical (unpaired) electrons. The maximum absolute atomic E-state index is 13.9. The molecule has 1 aliphatic heterocycles. The van der Waals surface area contributed by atoms with Crippen molar-refractivity contribution in [1.82, 2.24) is 9.21 Å². The van der Waals surface area contributed by atoms with Crippen molar-refractivity contribution in [2.75, 3.05) is 26.7 Å². The van der Waals surface area contributed by atoms with Gasteiger partial charge in [-0.05, 0) is 53.9 Å². The maximum atomic E-state index is 13.9. The van der Waals surface area contributed by atoms with Gasteiger partial charge in [-0.15, -0.1) is 0 Å². The van der Waals surface area contributed by atoms with Crippen LogP contribution in [0.3, 0.4) is 0 Å². The summed E-state index contributed by atoms with van der Waals surface area (Å²) in [5, 5.41) is 9.97. The molecule has 11 heteroatoms. The topological polar surface area (TPSA) is 87.2 Å². The molecule has 41 heavy (non-hydrogen) atoms. The van der Waals surface area contributed by atoms with E-state index in [1.54, 1.807) is 24.0 Å². The van der Waals surface area contributed by atoms with E-state index in [1.807, 2.05) is 43.3 Å². The third-order valence-corrected chi connectivity index (χ3v) is 9.26. The van der Waals surface area contributed by atoms with Gasteiger partial charge in [-0.2, -0.15) is 17.5 Å². The second kappa shape index (κ2) is 12.3. The molecule has 3 atom stereocenters. The highest BCUT2D eigenvalue weighted by atomic mass is 32.2. The van der Waals surface area contributed by atoms with Gasteiger partial charge in [0.2, 0.25) is 10.0 Å². The second-order valence-electron chi connectivity index (χ2n) is 10.3. The van der Waals surface area contributed by atoms with Crippen molar-refractivity contribution in [1.29, 1.82) is 0 Å². The number of hydrogen-bond acceptors (Lipinski definition) is 5. The monoisotopic (exact) mass is 590 g/mol. The van der Waals surface area contributed by atoms with Crippen LogP contribution in [0.4, 0.5) is 13.2 Å². The molecule has 3 aromatic rings. The van der Waals surface area contributed by atoms with Crippen LogP contribution in [0, 0.1) is 5.92 Å². The fourth-order valence-electron chi connectivity index (χ4n) is 4.90. The van der Waals surface area contributed by atoms with Gasteiger partial charge in [0.25, 0.3) is 5.91 Å². The van der Waals surface area contributed by atoms with E-state index in [1.165, 1.54) is 7.05 Å². The van der Waals surface area contributed by atoms with E-state index in [2.05, 4.69) is 0 Å². The first kappa shape index (κ1) is 30.7. The third kappa shape index (κ3) is 6.64. The molecule has 0 aromatic heterocycles. The summed E-state index contributed by atoms with van der Waals surface area (Å²) in [5.74, 6) is -0.647. The Kier molecular flexibility index (Phi) is 9.22. The molecule has 0 unspecified atom stereocenters. The number of fused-ring (bicyclic) bond motifs is 3. The van der Waals surface area contributed by atoms with Gasteiger partial charge >= 0.3 is 6.18 Å². The number of nitrogens with zero attached hydrogens (tertiary/aromatic N) is 2. The molecule has 0 aliphatic carbocycles. The average molecular weight is 591 g/mol. The van der Waals surface area contributed by atoms with Crippen LogP contribution in [0.2, 0.25) is 0 Å². The van der Waals surface area contributed by atoms with Crippen LogP contribution < -0.4 is 0 Å². The minimum atomic E-state index is -4.59. The van der Waals surface area contributed by atoms with Crippen LogP contribution in [0.25, 0.3) is 11.1 Å². The molecule has 1 amide bonds. The lowest BCUT2D eigenvalue weighted by Gasteiger charge is -2.35. The molecular formula is C30H33F3N2O5S. The van der Waals surface area contributed by atoms with Crippen LogP contribution in [-0.2, 0) is 27.5 Å². The van der Waals surface area contributed by atoms with Crippen LogP contribution in [0.15, 0.2) is 77.7 Å². The van der Waals surface area contributed by atoms with Gasteiger partial charge in [0.1, 0.15) is 0 Å². The lowest BCUT2D eigenvalue weighted by molar-refractivity contribution is -0.137. The zero-order valence-corrected chi connectivity index (χ0v) is 23.8. The number of hydrogen-bond donors (Lipinski definition) is 1. The fraction of sp³-hybridized carbons (Fsp3) is 0.367. The summed E-state index contributed by atoms with van der Waals surface area (Å²) in [6.45, 7) is 3.49. The molecule has 220 valence electrons. The summed E-state index contributed by atoms with van der Waals surface area (Å²) in [6.07, 6.45) is -5.28. The first-order valence-corrected chi connectivity index (χ1v) is 14.6. The molecule has 4 rings (SSSR count). The number of carbonyl (C=O) groups excluding carboxylic acids is 1. The zero-order chi connectivity index (χ0) is 29.9. The summed E-state index contributed by atoms with van der Waals surface area (Å²) in [7, 11) is -2.81. The summed E-state index contributed by atoms with van der Waals surface area (Å²) < 4.78 is 73.0. The summed E-state index contributed by atoms with van der Waals surface area (Å²) >= 11 is 0. The number of benzene rings is 3. The smallest absolute Gasteiger partial charge is 0.394 e. The van der Waals surface area contributed by atoms with Gasteiger partial charge in [-0.25, -0.2) is 8.42 Å². The average Bonchev–Trinajstić information content (AvgIpc) is 2.97. The van der Waals surface area contributed by atoms with E-state index >= 15 is 0 Å². The fourth-order valence-corrected chi connectivity index (χ4v) is 6.08. The third-order valence-electron chi connectivity index (χ3n) is 7.42. The lowest BCUT2D eigenvalue weighted by atomic mass is 9.94. The number of alkyl halides is 3. The Labute approximate surface area is 238 Å². The van der Waals surface area contributed by atoms with Crippen LogP contribution in [0.5, 0.6) is 0 Å². The highest BCUT2D eigenvalue weighted by Gasteiger charge is 2.34. The molecule has 7 nitrogen and oxygen atoms in total. The Balaban J connectivity index is 1.69. The molecule has 1 N–H and O–H groups in total. The van der Waals surface area contributed by atoms with Gasteiger partial charge in [-0.1, -0.05) is 49.4 Å². The Morgan fingerprint density at radius 2 is 1.59 bits per heavy atom. The van der Waals surface area contributed by atoms with Crippen LogP contribution in [0.1, 0.15) is 35.3 Å². The number of ether oxygens (including phenoxy) is 1. The van der Waals surface area contributed by atoms with E-state index in [0.29, 0.717) is 5.56 Å². The first-order chi connectivity index (χ1) is 19.3. The minimum Gasteiger partial charge on any atom is -0.394 e. The van der Waals surface area contributed by atoms with Crippen molar-refractivity contribution in [3.63, 3.8) is 0 Å². The van der Waals surface area contributed by atoms with Gasteiger partial charge in [-0.3, -0.25) is 4.79 Å². The number of sulfonamides is 1. The predicted octanol–water partition coefficient (Wildman–Crippen LogP) is 5.05. The lowest BCUT2D eigenvalue weighted by Crippen LogP contribution is -2.47. The normalized spacial score (nSPS) is 19.3. The van der Waals surface area contributed by atoms with E-state index in [-0.39, 0.29) is 43.0 Å². The van der Waals surface area contributed by atoms with Crippen molar-refractivity contribution < 1.29 is 36.2 Å². The highest BCUT2D eigenvalue weighted by Crippen LogP contribution is 2.32. The van der Waals surface area contributed by atoms with Crippen molar-refractivity contribution in [3.8, 4) is 11.1 Å². The quantitative estimate of drug-likeness (QED) is 0.434. The largest absolute Gasteiger partial charge is 0.416 e. The van der Waals surface area contributed by atoms with Crippen molar-refractivity contribution in [3.05, 3.63) is 89.5 Å². The molecule has 0 fully saturated rings. The van der Waals surface area contributed by atoms with Gasteiger partial charge in [0, 0.05) is 31.6 Å². The minimum absolute atomic E-state index is 0.116.